The monoisotopic (exact) mass is 385 g/mol. The van der Waals surface area contributed by atoms with Gasteiger partial charge in [-0.05, 0) is 43.4 Å². The third-order valence-corrected chi connectivity index (χ3v) is 5.26. The molecule has 6 nitrogen and oxygen atoms in total. The topological polar surface area (TPSA) is 84.9 Å². The molecule has 1 aliphatic carbocycles. The van der Waals surface area contributed by atoms with Crippen LogP contribution in [0.3, 0.4) is 0 Å². The van der Waals surface area contributed by atoms with Gasteiger partial charge in [-0.25, -0.2) is 4.79 Å². The molecule has 2 N–H and O–H groups in total. The molecular formula is C22H27NO5. The van der Waals surface area contributed by atoms with Gasteiger partial charge in [-0.3, -0.25) is 4.79 Å². The summed E-state index contributed by atoms with van der Waals surface area (Å²) in [6, 6.07) is 4.95. The van der Waals surface area contributed by atoms with Gasteiger partial charge in [0, 0.05) is 29.3 Å². The van der Waals surface area contributed by atoms with Gasteiger partial charge in [0.2, 0.25) is 0 Å². The number of phenols is 1. The van der Waals surface area contributed by atoms with Gasteiger partial charge >= 0.3 is 5.97 Å². The number of esters is 1. The summed E-state index contributed by atoms with van der Waals surface area (Å²) in [6.07, 6.45) is 1.13. The first-order valence-corrected chi connectivity index (χ1v) is 9.46. The van der Waals surface area contributed by atoms with Crippen LogP contribution in [-0.4, -0.2) is 30.6 Å². The molecule has 3 rings (SSSR count). The second kappa shape index (κ2) is 7.34. The standard InChI is InChI=1S/C22H27NO5/c1-6-28-17-9-13(7-8-15(17)24)19-18(21(26)27-5)12(2)23-14-10-22(3,4)11-16(25)20(14)19/h7-9,19,23-24H,6,10-11H2,1-5H3. The molecule has 1 heterocycles. The van der Waals surface area contributed by atoms with E-state index < -0.39 is 11.9 Å². The van der Waals surface area contributed by atoms with Gasteiger partial charge in [0.1, 0.15) is 0 Å². The van der Waals surface area contributed by atoms with Crippen LogP contribution in [0.25, 0.3) is 0 Å². The van der Waals surface area contributed by atoms with Crippen molar-refractivity contribution in [2.75, 3.05) is 13.7 Å². The number of methoxy groups -OCH3 is 1. The van der Waals surface area contributed by atoms with E-state index in [0.29, 0.717) is 47.6 Å². The molecule has 0 saturated heterocycles. The molecular weight excluding hydrogens is 358 g/mol. The highest BCUT2D eigenvalue weighted by Gasteiger charge is 2.43. The number of rotatable bonds is 4. The summed E-state index contributed by atoms with van der Waals surface area (Å²) in [7, 11) is 1.33. The summed E-state index contributed by atoms with van der Waals surface area (Å²) >= 11 is 0. The highest BCUT2D eigenvalue weighted by Crippen LogP contribution is 2.47. The SMILES string of the molecule is CCOc1cc(C2C(C(=O)OC)=C(C)NC3=C2C(=O)CC(C)(C)C3)ccc1O. The van der Waals surface area contributed by atoms with Gasteiger partial charge in [0.15, 0.2) is 17.3 Å². The highest BCUT2D eigenvalue weighted by molar-refractivity contribution is 6.04. The fraction of sp³-hybridized carbons (Fsp3) is 0.455. The van der Waals surface area contributed by atoms with E-state index in [1.165, 1.54) is 13.2 Å². The number of Topliss-reactive ketones (excluding diaryl/α,β-unsaturated/α-hetero) is 1. The van der Waals surface area contributed by atoms with Crippen LogP contribution in [0.1, 0.15) is 52.0 Å². The Hall–Kier alpha value is -2.76. The quantitative estimate of drug-likeness (QED) is 0.771. The maximum atomic E-state index is 13.1. The zero-order valence-corrected chi connectivity index (χ0v) is 17.0. The molecule has 0 amide bonds. The zero-order valence-electron chi connectivity index (χ0n) is 17.0. The van der Waals surface area contributed by atoms with Gasteiger partial charge < -0.3 is 19.9 Å². The van der Waals surface area contributed by atoms with E-state index in [0.717, 1.165) is 5.70 Å². The predicted octanol–water partition coefficient (Wildman–Crippen LogP) is 3.57. The molecule has 150 valence electrons. The zero-order chi connectivity index (χ0) is 20.6. The van der Waals surface area contributed by atoms with Crippen LogP contribution >= 0.6 is 0 Å². The Morgan fingerprint density at radius 2 is 2.04 bits per heavy atom. The fourth-order valence-corrected chi connectivity index (χ4v) is 4.13. The largest absolute Gasteiger partial charge is 0.504 e. The van der Waals surface area contributed by atoms with Crippen molar-refractivity contribution in [2.24, 2.45) is 5.41 Å². The normalized spacial score (nSPS) is 21.2. The number of ether oxygens (including phenoxy) is 2. The number of phenolic OH excluding ortho intramolecular Hbond substituents is 1. The summed E-state index contributed by atoms with van der Waals surface area (Å²) < 4.78 is 10.5. The Labute approximate surface area is 165 Å². The number of dihydropyridines is 1. The highest BCUT2D eigenvalue weighted by atomic mass is 16.5. The fourth-order valence-electron chi connectivity index (χ4n) is 4.13. The lowest BCUT2D eigenvalue weighted by Gasteiger charge is -2.39. The number of hydrogen-bond acceptors (Lipinski definition) is 6. The first-order chi connectivity index (χ1) is 13.2. The summed E-state index contributed by atoms with van der Waals surface area (Å²) in [6.45, 7) is 8.16. The van der Waals surface area contributed by atoms with Crippen molar-refractivity contribution in [2.45, 2.75) is 46.5 Å². The summed E-state index contributed by atoms with van der Waals surface area (Å²) in [5.74, 6) is -0.683. The van der Waals surface area contributed by atoms with Gasteiger partial charge in [-0.15, -0.1) is 0 Å². The van der Waals surface area contributed by atoms with Crippen molar-refractivity contribution in [3.05, 3.63) is 46.3 Å². The molecule has 1 atom stereocenters. The summed E-state index contributed by atoms with van der Waals surface area (Å²) in [5, 5.41) is 13.3. The second-order valence-corrected chi connectivity index (χ2v) is 8.08. The van der Waals surface area contributed by atoms with Crippen LogP contribution in [0, 0.1) is 5.41 Å². The number of hydrogen-bond donors (Lipinski definition) is 2. The number of carbonyl (C=O) groups is 2. The molecule has 0 saturated carbocycles. The van der Waals surface area contributed by atoms with Crippen molar-refractivity contribution in [1.82, 2.24) is 5.32 Å². The minimum Gasteiger partial charge on any atom is -0.504 e. The number of aromatic hydroxyl groups is 1. The van der Waals surface area contributed by atoms with E-state index >= 15 is 0 Å². The van der Waals surface area contributed by atoms with Gasteiger partial charge in [-0.1, -0.05) is 19.9 Å². The van der Waals surface area contributed by atoms with Crippen LogP contribution < -0.4 is 10.1 Å². The van der Waals surface area contributed by atoms with E-state index in [1.807, 2.05) is 13.8 Å². The Morgan fingerprint density at radius 1 is 1.32 bits per heavy atom. The van der Waals surface area contributed by atoms with E-state index in [9.17, 15) is 14.7 Å². The molecule has 1 unspecified atom stereocenters. The van der Waals surface area contributed by atoms with Crippen molar-refractivity contribution in [1.29, 1.82) is 0 Å². The molecule has 6 heteroatoms. The molecule has 0 spiro atoms. The van der Waals surface area contributed by atoms with Crippen molar-refractivity contribution >= 4 is 11.8 Å². The molecule has 0 fully saturated rings. The van der Waals surface area contributed by atoms with Crippen LogP contribution in [0.5, 0.6) is 11.5 Å². The third kappa shape index (κ3) is 3.51. The molecule has 0 aromatic heterocycles. The van der Waals surface area contributed by atoms with Gasteiger partial charge in [-0.2, -0.15) is 0 Å². The lowest BCUT2D eigenvalue weighted by Crippen LogP contribution is -2.38. The van der Waals surface area contributed by atoms with Crippen molar-refractivity contribution in [3.8, 4) is 11.5 Å². The van der Waals surface area contributed by atoms with E-state index in [4.69, 9.17) is 9.47 Å². The van der Waals surface area contributed by atoms with Crippen LogP contribution in [0.4, 0.5) is 0 Å². The lowest BCUT2D eigenvalue weighted by molar-refractivity contribution is -0.136. The summed E-state index contributed by atoms with van der Waals surface area (Å²) in [4.78, 5) is 25.7. The Morgan fingerprint density at radius 3 is 2.68 bits per heavy atom. The molecule has 2 aliphatic rings. The maximum absolute atomic E-state index is 13.1. The Bertz CT molecular complexity index is 894. The van der Waals surface area contributed by atoms with Crippen molar-refractivity contribution < 1.29 is 24.2 Å². The number of allylic oxidation sites excluding steroid dienone is 3. The number of carbonyl (C=O) groups excluding carboxylic acids is 2. The third-order valence-electron chi connectivity index (χ3n) is 5.26. The molecule has 28 heavy (non-hydrogen) atoms. The average Bonchev–Trinajstić information content (AvgIpc) is 2.61. The lowest BCUT2D eigenvalue weighted by atomic mass is 9.68. The van der Waals surface area contributed by atoms with Crippen LogP contribution in [0.15, 0.2) is 40.7 Å². The maximum Gasteiger partial charge on any atom is 0.336 e. The minimum absolute atomic E-state index is 0.0173. The van der Waals surface area contributed by atoms with E-state index in [-0.39, 0.29) is 16.9 Å². The first-order valence-electron chi connectivity index (χ1n) is 9.46. The minimum atomic E-state index is -0.563. The molecule has 0 bridgehead atoms. The van der Waals surface area contributed by atoms with Crippen LogP contribution in [-0.2, 0) is 14.3 Å². The smallest absolute Gasteiger partial charge is 0.336 e. The molecule has 1 aliphatic heterocycles. The van der Waals surface area contributed by atoms with E-state index in [1.54, 1.807) is 12.1 Å². The van der Waals surface area contributed by atoms with Gasteiger partial charge in [0.05, 0.1) is 19.3 Å². The Kier molecular flexibility index (Phi) is 5.24. The molecule has 1 aromatic rings. The average molecular weight is 385 g/mol. The number of benzene rings is 1. The summed E-state index contributed by atoms with van der Waals surface area (Å²) in [5.41, 5.74) is 3.08. The number of nitrogens with one attached hydrogen (secondary N) is 1. The predicted molar refractivity (Wildman–Crippen MR) is 105 cm³/mol. The van der Waals surface area contributed by atoms with Crippen LogP contribution in [0.2, 0.25) is 0 Å². The van der Waals surface area contributed by atoms with Gasteiger partial charge in [0.25, 0.3) is 0 Å². The second-order valence-electron chi connectivity index (χ2n) is 8.08. The number of ketones is 1. The molecule has 0 radical (unpaired) electrons. The molecule has 1 aromatic carbocycles. The first kappa shape index (κ1) is 20.0. The Balaban J connectivity index is 2.21. The van der Waals surface area contributed by atoms with Crippen molar-refractivity contribution in [3.63, 3.8) is 0 Å². The van der Waals surface area contributed by atoms with E-state index in [2.05, 4.69) is 19.2 Å².